The smallest absolute Gasteiger partial charge is 0.264 e. The first-order chi connectivity index (χ1) is 13.0. The molecule has 162 valence electrons. The molecule has 5 heteroatoms. The van der Waals surface area contributed by atoms with Crippen molar-refractivity contribution in [1.82, 2.24) is 0 Å². The predicted octanol–water partition coefficient (Wildman–Crippen LogP) is 6.47. The molecule has 0 bridgehead atoms. The Labute approximate surface area is 173 Å². The average Bonchev–Trinajstić information content (AvgIpc) is 2.57. The molecule has 0 saturated heterocycles. The van der Waals surface area contributed by atoms with E-state index in [-0.39, 0.29) is 6.61 Å². The minimum Gasteiger partial charge on any atom is -0.496 e. The fraction of sp³-hybridized carbons (Fsp3) is 0.652. The molecule has 0 amide bonds. The van der Waals surface area contributed by atoms with Crippen molar-refractivity contribution in [2.75, 3.05) is 19.5 Å². The van der Waals surface area contributed by atoms with Gasteiger partial charge in [0, 0.05) is 0 Å². The van der Waals surface area contributed by atoms with Gasteiger partial charge in [-0.15, -0.1) is 0 Å². The van der Waals surface area contributed by atoms with Crippen molar-refractivity contribution >= 4 is 10.1 Å². The van der Waals surface area contributed by atoms with Crippen molar-refractivity contribution in [3.8, 4) is 0 Å². The van der Waals surface area contributed by atoms with Gasteiger partial charge < -0.3 is 4.74 Å². The summed E-state index contributed by atoms with van der Waals surface area (Å²) in [6.45, 7) is 13.0. The lowest BCUT2D eigenvalue weighted by atomic mass is 10.0. The largest absolute Gasteiger partial charge is 0.496 e. The maximum absolute atomic E-state index is 11.2. The molecule has 0 aliphatic rings. The molecule has 0 radical (unpaired) electrons. The molecule has 0 fully saturated rings. The van der Waals surface area contributed by atoms with Crippen molar-refractivity contribution in [1.29, 1.82) is 0 Å². The second-order valence-electron chi connectivity index (χ2n) is 7.60. The first-order valence-electron chi connectivity index (χ1n) is 10.2. The zero-order chi connectivity index (χ0) is 21.6. The number of hydrogen-bond donors (Lipinski definition) is 0. The van der Waals surface area contributed by atoms with Crippen LogP contribution < -0.4 is 0 Å². The van der Waals surface area contributed by atoms with Crippen LogP contribution in [0.25, 0.3) is 0 Å². The highest BCUT2D eigenvalue weighted by Crippen LogP contribution is 2.16. The predicted molar refractivity (Wildman–Crippen MR) is 120 cm³/mol. The van der Waals surface area contributed by atoms with Crippen LogP contribution in [-0.2, 0) is 19.0 Å². The number of allylic oxidation sites excluding steroid dienone is 7. The fourth-order valence-electron chi connectivity index (χ4n) is 2.64. The first-order valence-corrected chi connectivity index (χ1v) is 12.0. The van der Waals surface area contributed by atoms with E-state index in [1.807, 2.05) is 13.8 Å². The highest BCUT2D eigenvalue weighted by Gasteiger charge is 2.09. The third-order valence-corrected chi connectivity index (χ3v) is 4.88. The quantitative estimate of drug-likeness (QED) is 0.186. The van der Waals surface area contributed by atoms with Gasteiger partial charge in [-0.25, -0.2) is 0 Å². The Bertz CT molecular complexity index is 675. The summed E-state index contributed by atoms with van der Waals surface area (Å²) in [6, 6.07) is 0. The molecule has 28 heavy (non-hydrogen) atoms. The van der Waals surface area contributed by atoms with Gasteiger partial charge in [-0.3, -0.25) is 4.18 Å². The van der Waals surface area contributed by atoms with Crippen molar-refractivity contribution in [3.05, 3.63) is 46.3 Å². The minimum absolute atomic E-state index is 0.0297. The zero-order valence-corrected chi connectivity index (χ0v) is 19.7. The molecule has 0 aromatic rings. The molecular weight excluding hydrogens is 372 g/mol. The van der Waals surface area contributed by atoms with Crippen molar-refractivity contribution < 1.29 is 17.3 Å². The van der Waals surface area contributed by atoms with Gasteiger partial charge >= 0.3 is 0 Å². The maximum atomic E-state index is 11.2. The van der Waals surface area contributed by atoms with Crippen LogP contribution >= 0.6 is 0 Å². The summed E-state index contributed by atoms with van der Waals surface area (Å²) in [5, 5.41) is 0. The fourth-order valence-corrected chi connectivity index (χ4v) is 2.96. The van der Waals surface area contributed by atoms with Gasteiger partial charge in [-0.1, -0.05) is 34.9 Å². The van der Waals surface area contributed by atoms with Crippen molar-refractivity contribution in [2.45, 2.75) is 80.1 Å². The molecule has 0 atom stereocenters. The molecule has 0 aliphatic heterocycles. The lowest BCUT2D eigenvalue weighted by Crippen LogP contribution is -2.10. The topological polar surface area (TPSA) is 52.6 Å². The van der Waals surface area contributed by atoms with E-state index in [2.05, 4.69) is 45.9 Å². The summed E-state index contributed by atoms with van der Waals surface area (Å²) < 4.78 is 32.8. The average molecular weight is 413 g/mol. The van der Waals surface area contributed by atoms with E-state index in [0.29, 0.717) is 12.4 Å². The van der Waals surface area contributed by atoms with Gasteiger partial charge in [0.1, 0.15) is 12.4 Å². The lowest BCUT2D eigenvalue weighted by molar-refractivity contribution is 0.179. The SMILES string of the molecule is CCO/C(COS(C)(=O)=O)=C(\C)CC/C=C(\C)CC/C=C(\C)CCC=C(C)C. The van der Waals surface area contributed by atoms with E-state index in [1.54, 1.807) is 0 Å². The molecule has 0 rings (SSSR count). The van der Waals surface area contributed by atoms with Crippen LogP contribution in [0.15, 0.2) is 46.3 Å². The summed E-state index contributed by atoms with van der Waals surface area (Å²) in [5.41, 5.74) is 5.25. The third-order valence-electron chi connectivity index (χ3n) is 4.33. The lowest BCUT2D eigenvalue weighted by Gasteiger charge is -2.12. The second kappa shape index (κ2) is 14.6. The molecule has 0 spiro atoms. The second-order valence-corrected chi connectivity index (χ2v) is 9.25. The standard InChI is InChI=1S/C23H40O4S/c1-8-26-23(18-27-28(7,24)25)22(6)17-11-16-21(5)15-10-14-20(4)13-9-12-19(2)3/h12,14,16H,8-11,13,15,17-18H2,1-7H3/b20-14+,21-16+,23-22+. The summed E-state index contributed by atoms with van der Waals surface area (Å²) in [5.74, 6) is 0.619. The Balaban J connectivity index is 4.47. The van der Waals surface area contributed by atoms with Crippen LogP contribution in [0.5, 0.6) is 0 Å². The van der Waals surface area contributed by atoms with Crippen molar-refractivity contribution in [2.24, 2.45) is 0 Å². The molecular formula is C23H40O4S. The Kier molecular flexibility index (Phi) is 13.9. The van der Waals surface area contributed by atoms with Gasteiger partial charge in [-0.05, 0) is 85.6 Å². The highest BCUT2D eigenvalue weighted by atomic mass is 32.2. The molecule has 0 N–H and O–H groups in total. The summed E-state index contributed by atoms with van der Waals surface area (Å²) in [7, 11) is -3.47. The molecule has 0 unspecified atom stereocenters. The molecule has 0 aromatic heterocycles. The van der Waals surface area contributed by atoms with Crippen molar-refractivity contribution in [3.63, 3.8) is 0 Å². The number of ether oxygens (including phenoxy) is 1. The molecule has 0 aliphatic carbocycles. The van der Waals surface area contributed by atoms with Gasteiger partial charge in [0.2, 0.25) is 0 Å². The highest BCUT2D eigenvalue weighted by molar-refractivity contribution is 7.85. The third kappa shape index (κ3) is 15.7. The van der Waals surface area contributed by atoms with E-state index in [9.17, 15) is 8.42 Å². The number of rotatable bonds is 14. The van der Waals surface area contributed by atoms with Gasteiger partial charge in [-0.2, -0.15) is 8.42 Å². The molecule has 0 saturated carbocycles. The van der Waals surface area contributed by atoms with Gasteiger partial charge in [0.15, 0.2) is 0 Å². The Morgan fingerprint density at radius 3 is 1.79 bits per heavy atom. The van der Waals surface area contributed by atoms with Crippen LogP contribution in [0.2, 0.25) is 0 Å². The zero-order valence-electron chi connectivity index (χ0n) is 18.9. The monoisotopic (exact) mass is 412 g/mol. The Morgan fingerprint density at radius 1 is 0.821 bits per heavy atom. The van der Waals surface area contributed by atoms with E-state index in [1.165, 1.54) is 16.7 Å². The van der Waals surface area contributed by atoms with E-state index < -0.39 is 10.1 Å². The van der Waals surface area contributed by atoms with Gasteiger partial charge in [0.25, 0.3) is 10.1 Å². The van der Waals surface area contributed by atoms with Crippen LogP contribution in [0.1, 0.15) is 80.1 Å². The van der Waals surface area contributed by atoms with Crippen LogP contribution in [0.3, 0.4) is 0 Å². The van der Waals surface area contributed by atoms with Crippen LogP contribution in [0, 0.1) is 0 Å². The normalized spacial score (nSPS) is 14.0. The van der Waals surface area contributed by atoms with E-state index in [0.717, 1.165) is 50.4 Å². The van der Waals surface area contributed by atoms with Crippen LogP contribution in [0.4, 0.5) is 0 Å². The summed E-state index contributed by atoms with van der Waals surface area (Å²) >= 11 is 0. The summed E-state index contributed by atoms with van der Waals surface area (Å²) in [4.78, 5) is 0. The minimum atomic E-state index is -3.47. The summed E-state index contributed by atoms with van der Waals surface area (Å²) in [6.07, 6.45) is 14.1. The Hall–Kier alpha value is -1.33. The van der Waals surface area contributed by atoms with E-state index >= 15 is 0 Å². The molecule has 0 aromatic carbocycles. The van der Waals surface area contributed by atoms with Gasteiger partial charge in [0.05, 0.1) is 12.9 Å². The van der Waals surface area contributed by atoms with E-state index in [4.69, 9.17) is 8.92 Å². The molecule has 0 heterocycles. The van der Waals surface area contributed by atoms with Crippen LogP contribution in [-0.4, -0.2) is 27.9 Å². The number of hydrogen-bond acceptors (Lipinski definition) is 4. The molecule has 4 nitrogen and oxygen atoms in total. The first kappa shape index (κ1) is 26.7. The Morgan fingerprint density at radius 2 is 1.32 bits per heavy atom. The maximum Gasteiger partial charge on any atom is 0.264 e.